The molecule has 3 heteroatoms. The molecule has 0 spiro atoms. The molecule has 0 amide bonds. The van der Waals surface area contributed by atoms with E-state index in [9.17, 15) is 0 Å². The van der Waals surface area contributed by atoms with Crippen molar-refractivity contribution in [1.82, 2.24) is 0 Å². The van der Waals surface area contributed by atoms with Gasteiger partial charge in [0.2, 0.25) is 0 Å². The number of para-hydroxylation sites is 4. The summed E-state index contributed by atoms with van der Waals surface area (Å²) < 4.78 is 6.39. The minimum absolute atomic E-state index is 0.910. The summed E-state index contributed by atoms with van der Waals surface area (Å²) in [7, 11) is 0. The van der Waals surface area contributed by atoms with Crippen molar-refractivity contribution >= 4 is 88.4 Å². The molecule has 0 aliphatic carbocycles. The van der Waals surface area contributed by atoms with Crippen molar-refractivity contribution < 1.29 is 4.42 Å². The quantitative estimate of drug-likeness (QED) is 0.135. The van der Waals surface area contributed by atoms with Crippen LogP contribution < -0.4 is 9.80 Å². The van der Waals surface area contributed by atoms with Crippen LogP contribution in [0.1, 0.15) is 0 Å². The van der Waals surface area contributed by atoms with Crippen LogP contribution in [0.4, 0.5) is 34.1 Å². The van der Waals surface area contributed by atoms with Crippen LogP contribution in [0.3, 0.4) is 0 Å². The highest BCUT2D eigenvalue weighted by Crippen LogP contribution is 2.43. The molecule has 0 fully saturated rings. The first-order valence-electron chi connectivity index (χ1n) is 23.6. The predicted molar refractivity (Wildman–Crippen MR) is 292 cm³/mol. The van der Waals surface area contributed by atoms with Gasteiger partial charge in [0.15, 0.2) is 0 Å². The summed E-state index contributed by atoms with van der Waals surface area (Å²) in [6.45, 7) is 0. The van der Waals surface area contributed by atoms with Gasteiger partial charge in [-0.25, -0.2) is 0 Å². The first kappa shape index (κ1) is 40.1. The summed E-state index contributed by atoms with van der Waals surface area (Å²) >= 11 is 0. The second kappa shape index (κ2) is 16.9. The van der Waals surface area contributed by atoms with Crippen LogP contribution in [0.25, 0.3) is 87.6 Å². The van der Waals surface area contributed by atoms with Crippen LogP contribution in [-0.4, -0.2) is 0 Å². The predicted octanol–water partition coefficient (Wildman–Crippen LogP) is 19.0. The molecule has 13 rings (SSSR count). The lowest BCUT2D eigenvalue weighted by atomic mass is 9.94. The number of anilines is 6. The van der Waals surface area contributed by atoms with Crippen molar-refractivity contribution in [1.29, 1.82) is 0 Å². The topological polar surface area (TPSA) is 19.6 Å². The van der Waals surface area contributed by atoms with Crippen molar-refractivity contribution in [2.24, 2.45) is 0 Å². The summed E-state index contributed by atoms with van der Waals surface area (Å²) in [5.41, 5.74) is 15.3. The highest BCUT2D eigenvalue weighted by atomic mass is 16.3. The average molecular weight is 881 g/mol. The van der Waals surface area contributed by atoms with E-state index in [4.69, 9.17) is 4.42 Å². The minimum atomic E-state index is 0.910. The lowest BCUT2D eigenvalue weighted by Crippen LogP contribution is -2.10. The molecule has 0 aliphatic heterocycles. The lowest BCUT2D eigenvalue weighted by Gasteiger charge is -2.27. The Kier molecular flexibility index (Phi) is 9.84. The molecule has 0 unspecified atom stereocenters. The maximum absolute atomic E-state index is 6.39. The largest absolute Gasteiger partial charge is 0.455 e. The standard InChI is InChI=1S/C66H44N2O/c1-3-14-50(15-4-1)67(51-16-5-2-6-17-51)52-36-30-47(31-37-52)48-34-40-54(41-35-48)68(55-42-43-61-59-20-8-7-18-57(59)58-19-9-10-21-60(58)64(61)44-55)53-38-32-46(33-39-53)45-26-28-49(29-27-45)56-23-13-24-63-62-22-11-12-25-65(62)69-66(56)63/h1-44H. The van der Waals surface area contributed by atoms with Gasteiger partial charge in [0.1, 0.15) is 11.2 Å². The molecule has 13 aromatic rings. The zero-order chi connectivity index (χ0) is 45.7. The third kappa shape index (κ3) is 7.16. The normalized spacial score (nSPS) is 11.5. The molecule has 3 nitrogen and oxygen atoms in total. The Morgan fingerprint density at radius 3 is 1.07 bits per heavy atom. The number of nitrogens with zero attached hydrogens (tertiary/aromatic N) is 2. The second-order valence-electron chi connectivity index (χ2n) is 17.7. The maximum atomic E-state index is 6.39. The van der Waals surface area contributed by atoms with Gasteiger partial charge in [-0.05, 0) is 139 Å². The molecule has 0 atom stereocenters. The Morgan fingerprint density at radius 1 is 0.217 bits per heavy atom. The van der Waals surface area contributed by atoms with E-state index >= 15 is 0 Å². The van der Waals surface area contributed by atoms with E-state index in [1.54, 1.807) is 0 Å². The Balaban J connectivity index is 0.865. The van der Waals surface area contributed by atoms with Crippen LogP contribution in [0.5, 0.6) is 0 Å². The van der Waals surface area contributed by atoms with Gasteiger partial charge >= 0.3 is 0 Å². The van der Waals surface area contributed by atoms with Gasteiger partial charge in [0, 0.05) is 50.5 Å². The Bertz CT molecular complexity index is 3900. The van der Waals surface area contributed by atoms with E-state index in [1.165, 1.54) is 32.3 Å². The Morgan fingerprint density at radius 2 is 0.565 bits per heavy atom. The molecule has 0 bridgehead atoms. The van der Waals surface area contributed by atoms with Gasteiger partial charge in [0.05, 0.1) is 0 Å². The molecular formula is C66H44N2O. The molecule has 0 radical (unpaired) electrons. The first-order valence-corrected chi connectivity index (χ1v) is 23.6. The third-order valence-electron chi connectivity index (χ3n) is 13.7. The number of rotatable bonds is 9. The fraction of sp³-hybridized carbons (Fsp3) is 0. The number of hydrogen-bond acceptors (Lipinski definition) is 3. The SMILES string of the molecule is c1ccc(N(c2ccccc2)c2ccc(-c3ccc(N(c4ccc(-c5ccc(-c6cccc7c6oc6ccccc67)cc5)cc4)c4ccc5c6ccccc6c6ccccc6c5c4)cc3)cc2)cc1. The van der Waals surface area contributed by atoms with E-state index in [0.29, 0.717) is 0 Å². The number of fused-ring (bicyclic) bond motifs is 9. The average Bonchev–Trinajstić information content (AvgIpc) is 3.82. The zero-order valence-electron chi connectivity index (χ0n) is 37.7. The van der Waals surface area contributed by atoms with Crippen LogP contribution >= 0.6 is 0 Å². The van der Waals surface area contributed by atoms with Gasteiger partial charge in [-0.1, -0.05) is 188 Å². The number of hydrogen-bond donors (Lipinski definition) is 0. The summed E-state index contributed by atoms with van der Waals surface area (Å²) in [6, 6.07) is 96.0. The second-order valence-corrected chi connectivity index (χ2v) is 17.7. The fourth-order valence-electron chi connectivity index (χ4n) is 10.3. The van der Waals surface area contributed by atoms with Crippen LogP contribution in [0.15, 0.2) is 271 Å². The smallest absolute Gasteiger partial charge is 0.143 e. The van der Waals surface area contributed by atoms with Crippen molar-refractivity contribution in [3.63, 3.8) is 0 Å². The van der Waals surface area contributed by atoms with Crippen LogP contribution in [0.2, 0.25) is 0 Å². The van der Waals surface area contributed by atoms with E-state index in [2.05, 4.69) is 265 Å². The molecule has 1 heterocycles. The molecule has 0 aliphatic rings. The molecular weight excluding hydrogens is 837 g/mol. The van der Waals surface area contributed by atoms with Gasteiger partial charge in [-0.2, -0.15) is 0 Å². The monoisotopic (exact) mass is 880 g/mol. The van der Waals surface area contributed by atoms with Crippen LogP contribution in [-0.2, 0) is 0 Å². The Labute approximate surface area is 401 Å². The number of furan rings is 1. The number of benzene rings is 12. The Hall–Kier alpha value is -9.18. The van der Waals surface area contributed by atoms with Gasteiger partial charge in [-0.15, -0.1) is 0 Å². The molecule has 1 aromatic heterocycles. The van der Waals surface area contributed by atoms with Crippen molar-refractivity contribution in [2.75, 3.05) is 9.80 Å². The fourth-order valence-corrected chi connectivity index (χ4v) is 10.3. The molecule has 324 valence electrons. The van der Waals surface area contributed by atoms with E-state index < -0.39 is 0 Å². The van der Waals surface area contributed by atoms with Gasteiger partial charge < -0.3 is 14.2 Å². The molecule has 0 saturated carbocycles. The zero-order valence-corrected chi connectivity index (χ0v) is 37.7. The van der Waals surface area contributed by atoms with E-state index in [1.807, 2.05) is 12.1 Å². The highest BCUT2D eigenvalue weighted by molar-refractivity contribution is 6.25. The third-order valence-corrected chi connectivity index (χ3v) is 13.7. The van der Waals surface area contributed by atoms with Crippen LogP contribution in [0, 0.1) is 0 Å². The van der Waals surface area contributed by atoms with Crippen molar-refractivity contribution in [2.45, 2.75) is 0 Å². The van der Waals surface area contributed by atoms with E-state index in [-0.39, 0.29) is 0 Å². The molecule has 0 saturated heterocycles. The summed E-state index contributed by atoms with van der Waals surface area (Å²) in [6.07, 6.45) is 0. The highest BCUT2D eigenvalue weighted by Gasteiger charge is 2.18. The minimum Gasteiger partial charge on any atom is -0.455 e. The summed E-state index contributed by atoms with van der Waals surface area (Å²) in [5.74, 6) is 0. The molecule has 69 heavy (non-hydrogen) atoms. The van der Waals surface area contributed by atoms with Crippen molar-refractivity contribution in [3.05, 3.63) is 267 Å². The van der Waals surface area contributed by atoms with Gasteiger partial charge in [-0.3, -0.25) is 0 Å². The maximum Gasteiger partial charge on any atom is 0.143 e. The molecule has 0 N–H and O–H groups in total. The van der Waals surface area contributed by atoms with Gasteiger partial charge in [0.25, 0.3) is 0 Å². The van der Waals surface area contributed by atoms with E-state index in [0.717, 1.165) is 89.4 Å². The molecule has 12 aromatic carbocycles. The lowest BCUT2D eigenvalue weighted by molar-refractivity contribution is 0.670. The first-order chi connectivity index (χ1) is 34.2. The summed E-state index contributed by atoms with van der Waals surface area (Å²) in [4.78, 5) is 4.68. The summed E-state index contributed by atoms with van der Waals surface area (Å²) in [5, 5.41) is 9.82. The van der Waals surface area contributed by atoms with Crippen molar-refractivity contribution in [3.8, 4) is 33.4 Å².